The number of hydrogen-bond acceptors (Lipinski definition) is 5. The van der Waals surface area contributed by atoms with Crippen molar-refractivity contribution in [3.8, 4) is 0 Å². The van der Waals surface area contributed by atoms with Crippen molar-refractivity contribution in [3.63, 3.8) is 0 Å². The van der Waals surface area contributed by atoms with Gasteiger partial charge in [-0.05, 0) is 26.1 Å². The van der Waals surface area contributed by atoms with Gasteiger partial charge in [-0.1, -0.05) is 17.3 Å². The van der Waals surface area contributed by atoms with Crippen LogP contribution in [0.4, 0.5) is 0 Å². The average molecular weight is 287 g/mol. The number of aromatic nitrogens is 4. The van der Waals surface area contributed by atoms with Gasteiger partial charge in [0.2, 0.25) is 5.89 Å². The normalized spacial score (nSPS) is 12.9. The lowest BCUT2D eigenvalue weighted by atomic mass is 10.2. The Kier molecular flexibility index (Phi) is 3.57. The SMILES string of the molecule is CNC(C)Cc1noc(Cn2c(=O)[nH]c3ccccc32)n1. The number of imidazole rings is 1. The van der Waals surface area contributed by atoms with E-state index in [9.17, 15) is 4.79 Å². The van der Waals surface area contributed by atoms with Crippen molar-refractivity contribution in [1.82, 2.24) is 25.0 Å². The number of nitrogens with one attached hydrogen (secondary N) is 2. The summed E-state index contributed by atoms with van der Waals surface area (Å²) in [6.45, 7) is 2.31. The van der Waals surface area contributed by atoms with E-state index in [-0.39, 0.29) is 18.3 Å². The summed E-state index contributed by atoms with van der Waals surface area (Å²) in [5, 5.41) is 7.06. The first-order valence-corrected chi connectivity index (χ1v) is 6.83. The van der Waals surface area contributed by atoms with Gasteiger partial charge in [-0.3, -0.25) is 4.57 Å². The van der Waals surface area contributed by atoms with E-state index in [1.807, 2.05) is 38.2 Å². The highest BCUT2D eigenvalue weighted by molar-refractivity contribution is 5.74. The molecule has 1 aromatic carbocycles. The first kappa shape index (κ1) is 13.6. The van der Waals surface area contributed by atoms with Gasteiger partial charge in [0.05, 0.1) is 11.0 Å². The molecule has 0 bridgehead atoms. The molecule has 0 saturated carbocycles. The zero-order valence-corrected chi connectivity index (χ0v) is 12.0. The second-order valence-electron chi connectivity index (χ2n) is 5.03. The minimum Gasteiger partial charge on any atom is -0.337 e. The zero-order valence-electron chi connectivity index (χ0n) is 12.0. The standard InChI is InChI=1S/C14H17N5O2/c1-9(15-2)7-12-17-13(21-18-12)8-19-11-6-4-3-5-10(11)16-14(19)20/h3-6,9,15H,7-8H2,1-2H3,(H,16,20). The molecule has 3 aromatic rings. The van der Waals surface area contributed by atoms with Crippen LogP contribution in [-0.4, -0.2) is 32.8 Å². The van der Waals surface area contributed by atoms with Gasteiger partial charge in [-0.2, -0.15) is 4.98 Å². The number of nitrogens with zero attached hydrogens (tertiary/aromatic N) is 3. The van der Waals surface area contributed by atoms with Crippen LogP contribution in [0.3, 0.4) is 0 Å². The van der Waals surface area contributed by atoms with Gasteiger partial charge in [0.1, 0.15) is 6.54 Å². The van der Waals surface area contributed by atoms with Gasteiger partial charge >= 0.3 is 5.69 Å². The molecule has 7 heteroatoms. The minimum atomic E-state index is -0.181. The van der Waals surface area contributed by atoms with E-state index in [4.69, 9.17) is 4.52 Å². The molecule has 7 nitrogen and oxygen atoms in total. The summed E-state index contributed by atoms with van der Waals surface area (Å²) in [7, 11) is 1.89. The van der Waals surface area contributed by atoms with Gasteiger partial charge in [-0.15, -0.1) is 0 Å². The fraction of sp³-hybridized carbons (Fsp3) is 0.357. The van der Waals surface area contributed by atoms with E-state index >= 15 is 0 Å². The molecule has 1 unspecified atom stereocenters. The topological polar surface area (TPSA) is 88.7 Å². The van der Waals surface area contributed by atoms with Gasteiger partial charge in [0.15, 0.2) is 5.82 Å². The predicted octanol–water partition coefficient (Wildman–Crippen LogP) is 0.911. The van der Waals surface area contributed by atoms with Crippen molar-refractivity contribution in [1.29, 1.82) is 0 Å². The highest BCUT2D eigenvalue weighted by Gasteiger charge is 2.13. The number of H-pyrrole nitrogens is 1. The Morgan fingerprint density at radius 3 is 3.05 bits per heavy atom. The second kappa shape index (κ2) is 5.53. The lowest BCUT2D eigenvalue weighted by Gasteiger charge is -2.04. The summed E-state index contributed by atoms with van der Waals surface area (Å²) in [6, 6.07) is 7.78. The van der Waals surface area contributed by atoms with E-state index in [2.05, 4.69) is 20.4 Å². The van der Waals surface area contributed by atoms with Crippen LogP contribution >= 0.6 is 0 Å². The van der Waals surface area contributed by atoms with E-state index in [0.29, 0.717) is 18.1 Å². The first-order valence-electron chi connectivity index (χ1n) is 6.83. The summed E-state index contributed by atoms with van der Waals surface area (Å²) in [5.41, 5.74) is 1.44. The van der Waals surface area contributed by atoms with Crippen molar-refractivity contribution < 1.29 is 4.52 Å². The third kappa shape index (κ3) is 2.73. The Balaban J connectivity index is 1.86. The summed E-state index contributed by atoms with van der Waals surface area (Å²) >= 11 is 0. The molecule has 2 heterocycles. The molecule has 110 valence electrons. The van der Waals surface area contributed by atoms with Crippen LogP contribution in [0.25, 0.3) is 11.0 Å². The predicted molar refractivity (Wildman–Crippen MR) is 78.2 cm³/mol. The van der Waals surface area contributed by atoms with Crippen LogP contribution < -0.4 is 11.0 Å². The molecular weight excluding hydrogens is 270 g/mol. The lowest BCUT2D eigenvalue weighted by molar-refractivity contribution is 0.364. The zero-order chi connectivity index (χ0) is 14.8. The Morgan fingerprint density at radius 2 is 2.24 bits per heavy atom. The summed E-state index contributed by atoms with van der Waals surface area (Å²) in [5.74, 6) is 1.07. The largest absolute Gasteiger partial charge is 0.337 e. The minimum absolute atomic E-state index is 0.181. The van der Waals surface area contributed by atoms with E-state index in [0.717, 1.165) is 11.0 Å². The van der Waals surface area contributed by atoms with Crippen molar-refractivity contribution in [2.75, 3.05) is 7.05 Å². The molecule has 3 rings (SSSR count). The van der Waals surface area contributed by atoms with Gasteiger partial charge < -0.3 is 14.8 Å². The molecule has 1 atom stereocenters. The first-order chi connectivity index (χ1) is 10.2. The van der Waals surface area contributed by atoms with Crippen molar-refractivity contribution in [2.24, 2.45) is 0 Å². The number of aromatic amines is 1. The smallest absolute Gasteiger partial charge is 0.326 e. The number of benzene rings is 1. The summed E-state index contributed by atoms with van der Waals surface area (Å²) in [6.07, 6.45) is 0.683. The molecule has 0 fully saturated rings. The fourth-order valence-corrected chi connectivity index (χ4v) is 2.21. The lowest BCUT2D eigenvalue weighted by Crippen LogP contribution is -2.24. The van der Waals surface area contributed by atoms with Crippen LogP contribution in [0.5, 0.6) is 0 Å². The number of likely N-dealkylation sites (N-methyl/N-ethyl adjacent to an activating group) is 1. The molecular formula is C14H17N5O2. The Labute approximate surface area is 121 Å². The molecule has 2 N–H and O–H groups in total. The highest BCUT2D eigenvalue weighted by atomic mass is 16.5. The van der Waals surface area contributed by atoms with Crippen LogP contribution in [0, 0.1) is 0 Å². The number of para-hydroxylation sites is 2. The van der Waals surface area contributed by atoms with Crippen molar-refractivity contribution >= 4 is 11.0 Å². The molecule has 2 aromatic heterocycles. The summed E-state index contributed by atoms with van der Waals surface area (Å²) < 4.78 is 6.82. The maximum atomic E-state index is 12.0. The third-order valence-corrected chi connectivity index (χ3v) is 3.47. The monoisotopic (exact) mass is 287 g/mol. The Hall–Kier alpha value is -2.41. The van der Waals surface area contributed by atoms with Crippen LogP contribution in [0.15, 0.2) is 33.6 Å². The average Bonchev–Trinajstić information content (AvgIpc) is 3.04. The van der Waals surface area contributed by atoms with E-state index < -0.39 is 0 Å². The number of rotatable bonds is 5. The van der Waals surface area contributed by atoms with Gasteiger partial charge in [0, 0.05) is 12.5 Å². The van der Waals surface area contributed by atoms with Gasteiger partial charge in [0.25, 0.3) is 0 Å². The fourth-order valence-electron chi connectivity index (χ4n) is 2.21. The quantitative estimate of drug-likeness (QED) is 0.728. The molecule has 0 aliphatic carbocycles. The maximum Gasteiger partial charge on any atom is 0.326 e. The molecule has 21 heavy (non-hydrogen) atoms. The number of hydrogen-bond donors (Lipinski definition) is 2. The Morgan fingerprint density at radius 1 is 1.43 bits per heavy atom. The van der Waals surface area contributed by atoms with Crippen molar-refractivity contribution in [3.05, 3.63) is 46.5 Å². The van der Waals surface area contributed by atoms with Crippen molar-refractivity contribution in [2.45, 2.75) is 25.9 Å². The van der Waals surface area contributed by atoms with Crippen LogP contribution in [-0.2, 0) is 13.0 Å². The maximum absolute atomic E-state index is 12.0. The molecule has 0 radical (unpaired) electrons. The van der Waals surface area contributed by atoms with E-state index in [1.165, 1.54) is 0 Å². The molecule has 0 spiro atoms. The molecule has 0 aliphatic heterocycles. The molecule has 0 amide bonds. The highest BCUT2D eigenvalue weighted by Crippen LogP contribution is 2.11. The third-order valence-electron chi connectivity index (χ3n) is 3.47. The molecule has 0 saturated heterocycles. The summed E-state index contributed by atoms with van der Waals surface area (Å²) in [4.78, 5) is 19.1. The number of fused-ring (bicyclic) bond motifs is 1. The Bertz CT molecular complexity index is 801. The van der Waals surface area contributed by atoms with Crippen LogP contribution in [0.1, 0.15) is 18.6 Å². The molecule has 0 aliphatic rings. The van der Waals surface area contributed by atoms with E-state index in [1.54, 1.807) is 4.57 Å². The second-order valence-corrected chi connectivity index (χ2v) is 5.03. The van der Waals surface area contributed by atoms with Crippen LogP contribution in [0.2, 0.25) is 0 Å². The van der Waals surface area contributed by atoms with Gasteiger partial charge in [-0.25, -0.2) is 4.79 Å².